The average Bonchev–Trinajstić information content (AvgIpc) is 2.47. The third-order valence-electron chi connectivity index (χ3n) is 1.85. The Kier molecular flexibility index (Phi) is 3.71. The summed E-state index contributed by atoms with van der Waals surface area (Å²) in [4.78, 5) is 0. The summed E-state index contributed by atoms with van der Waals surface area (Å²) >= 11 is 5.88. The second-order valence-corrected chi connectivity index (χ2v) is 3.17. The van der Waals surface area contributed by atoms with E-state index < -0.39 is 6.10 Å². The topological polar surface area (TPSA) is 50.1 Å². The lowest BCUT2D eigenvalue weighted by Crippen LogP contribution is -2.20. The number of hydrogen-bond donors (Lipinski definition) is 2. The lowest BCUT2D eigenvalue weighted by Gasteiger charge is -2.12. The van der Waals surface area contributed by atoms with Gasteiger partial charge in [-0.05, 0) is 14.0 Å². The molecule has 0 saturated carbocycles. The third kappa shape index (κ3) is 2.21. The van der Waals surface area contributed by atoms with Gasteiger partial charge in [0.2, 0.25) is 0 Å². The van der Waals surface area contributed by atoms with Gasteiger partial charge < -0.3 is 10.4 Å². The number of aliphatic hydroxyl groups excluding tert-OH is 1. The summed E-state index contributed by atoms with van der Waals surface area (Å²) in [5.41, 5.74) is 0.679. The summed E-state index contributed by atoms with van der Waals surface area (Å²) in [5.74, 6) is 0. The maximum Gasteiger partial charge on any atom is 0.109 e. The van der Waals surface area contributed by atoms with E-state index in [1.165, 1.54) is 0 Å². The predicted octanol–water partition coefficient (Wildman–Crippen LogP) is 0.809. The van der Waals surface area contributed by atoms with Gasteiger partial charge in [-0.25, -0.2) is 0 Å². The quantitative estimate of drug-likeness (QED) is 0.762. The van der Waals surface area contributed by atoms with Gasteiger partial charge >= 0.3 is 0 Å². The number of aliphatic hydroxyl groups is 1. The van der Waals surface area contributed by atoms with E-state index in [1.54, 1.807) is 17.9 Å². The molecule has 0 aliphatic rings. The first kappa shape index (κ1) is 10.5. The summed E-state index contributed by atoms with van der Waals surface area (Å²) in [5, 5.41) is 17.1. The lowest BCUT2D eigenvalue weighted by molar-refractivity contribution is 0.167. The van der Waals surface area contributed by atoms with Gasteiger partial charge in [0.15, 0.2) is 0 Å². The summed E-state index contributed by atoms with van der Waals surface area (Å²) in [6.45, 7) is 3.15. The fraction of sp³-hybridized carbons (Fsp3) is 0.625. The van der Waals surface area contributed by atoms with E-state index in [2.05, 4.69) is 10.4 Å². The van der Waals surface area contributed by atoms with E-state index in [1.807, 2.05) is 6.92 Å². The zero-order valence-electron chi connectivity index (χ0n) is 7.79. The van der Waals surface area contributed by atoms with Gasteiger partial charge in [-0.1, -0.05) is 11.6 Å². The van der Waals surface area contributed by atoms with Crippen molar-refractivity contribution in [2.24, 2.45) is 0 Å². The first-order chi connectivity index (χ1) is 6.20. The molecule has 1 unspecified atom stereocenters. The van der Waals surface area contributed by atoms with Gasteiger partial charge in [0.25, 0.3) is 0 Å². The highest BCUT2D eigenvalue weighted by Gasteiger charge is 2.16. The molecule has 1 aromatic rings. The molecule has 13 heavy (non-hydrogen) atoms. The van der Waals surface area contributed by atoms with E-state index in [4.69, 9.17) is 11.6 Å². The number of aryl methyl sites for hydroxylation is 1. The van der Waals surface area contributed by atoms with Gasteiger partial charge in [0.1, 0.15) is 6.10 Å². The molecule has 74 valence electrons. The van der Waals surface area contributed by atoms with Crippen molar-refractivity contribution in [3.8, 4) is 0 Å². The first-order valence-electron chi connectivity index (χ1n) is 4.24. The Morgan fingerprint density at radius 3 is 3.00 bits per heavy atom. The van der Waals surface area contributed by atoms with Gasteiger partial charge in [0, 0.05) is 13.1 Å². The minimum absolute atomic E-state index is 0.478. The molecule has 4 nitrogen and oxygen atoms in total. The van der Waals surface area contributed by atoms with Crippen LogP contribution in [0.4, 0.5) is 0 Å². The SMILES string of the molecule is CCn1ncc(Cl)c1C(O)CNC. The average molecular weight is 204 g/mol. The number of likely N-dealkylation sites (N-methyl/N-ethyl adjacent to an activating group) is 1. The van der Waals surface area contributed by atoms with Crippen LogP contribution in [0.15, 0.2) is 6.20 Å². The van der Waals surface area contributed by atoms with Crippen LogP contribution >= 0.6 is 11.6 Å². The smallest absolute Gasteiger partial charge is 0.109 e. The molecule has 1 atom stereocenters. The molecular weight excluding hydrogens is 190 g/mol. The molecule has 0 radical (unpaired) electrons. The number of hydrogen-bond acceptors (Lipinski definition) is 3. The van der Waals surface area contributed by atoms with E-state index in [0.29, 0.717) is 23.8 Å². The van der Waals surface area contributed by atoms with Crippen LogP contribution in [0.25, 0.3) is 0 Å². The maximum atomic E-state index is 9.69. The second kappa shape index (κ2) is 4.60. The van der Waals surface area contributed by atoms with E-state index in [9.17, 15) is 5.11 Å². The van der Waals surface area contributed by atoms with Crippen LogP contribution in [-0.4, -0.2) is 28.5 Å². The molecule has 2 N–H and O–H groups in total. The zero-order valence-corrected chi connectivity index (χ0v) is 8.54. The maximum absolute atomic E-state index is 9.69. The molecule has 0 fully saturated rings. The molecule has 0 saturated heterocycles. The first-order valence-corrected chi connectivity index (χ1v) is 4.62. The van der Waals surface area contributed by atoms with Crippen molar-refractivity contribution in [2.45, 2.75) is 19.6 Å². The number of nitrogens with zero attached hydrogens (tertiary/aromatic N) is 2. The Bertz CT molecular complexity index is 274. The molecule has 1 aromatic heterocycles. The van der Waals surface area contributed by atoms with Crippen molar-refractivity contribution in [1.29, 1.82) is 0 Å². The summed E-state index contributed by atoms with van der Waals surface area (Å²) < 4.78 is 1.70. The zero-order chi connectivity index (χ0) is 9.84. The number of halogens is 1. The monoisotopic (exact) mass is 203 g/mol. The van der Waals surface area contributed by atoms with Crippen molar-refractivity contribution in [1.82, 2.24) is 15.1 Å². The Labute approximate surface area is 82.5 Å². The summed E-state index contributed by atoms with van der Waals surface area (Å²) in [7, 11) is 1.78. The molecule has 1 rings (SSSR count). The highest BCUT2D eigenvalue weighted by molar-refractivity contribution is 6.31. The molecule has 0 amide bonds. The Balaban J connectivity index is 2.89. The molecule has 1 heterocycles. The normalized spacial score (nSPS) is 13.2. The highest BCUT2D eigenvalue weighted by Crippen LogP contribution is 2.21. The van der Waals surface area contributed by atoms with Crippen molar-refractivity contribution in [3.63, 3.8) is 0 Å². The number of rotatable bonds is 4. The summed E-state index contributed by atoms with van der Waals surface area (Å²) in [6.07, 6.45) is 0.958. The van der Waals surface area contributed by atoms with Gasteiger partial charge in [-0.3, -0.25) is 4.68 Å². The third-order valence-corrected chi connectivity index (χ3v) is 2.14. The van der Waals surface area contributed by atoms with Crippen molar-refractivity contribution in [2.75, 3.05) is 13.6 Å². The van der Waals surface area contributed by atoms with Crippen molar-refractivity contribution >= 4 is 11.6 Å². The van der Waals surface area contributed by atoms with Gasteiger partial charge in [-0.15, -0.1) is 0 Å². The minimum atomic E-state index is -0.597. The Morgan fingerprint density at radius 1 is 1.77 bits per heavy atom. The molecule has 0 aliphatic heterocycles. The largest absolute Gasteiger partial charge is 0.385 e. The fourth-order valence-electron chi connectivity index (χ4n) is 1.25. The van der Waals surface area contributed by atoms with Crippen LogP contribution in [-0.2, 0) is 6.54 Å². The van der Waals surface area contributed by atoms with Crippen molar-refractivity contribution in [3.05, 3.63) is 16.9 Å². The Hall–Kier alpha value is -0.580. The highest BCUT2D eigenvalue weighted by atomic mass is 35.5. The van der Waals surface area contributed by atoms with Crippen LogP contribution in [0.2, 0.25) is 5.02 Å². The van der Waals surface area contributed by atoms with Crippen LogP contribution in [0.5, 0.6) is 0 Å². The van der Waals surface area contributed by atoms with E-state index >= 15 is 0 Å². The standard InChI is InChI=1S/C8H14ClN3O/c1-3-12-8(6(9)4-11-12)7(13)5-10-2/h4,7,10,13H,3,5H2,1-2H3. The number of aromatic nitrogens is 2. The minimum Gasteiger partial charge on any atom is -0.385 e. The molecule has 0 aromatic carbocycles. The molecule has 0 bridgehead atoms. The Morgan fingerprint density at radius 2 is 2.46 bits per heavy atom. The van der Waals surface area contributed by atoms with Crippen LogP contribution in [0.1, 0.15) is 18.7 Å². The van der Waals surface area contributed by atoms with Gasteiger partial charge in [0.05, 0.1) is 16.9 Å². The molecule has 5 heteroatoms. The van der Waals surface area contributed by atoms with Gasteiger partial charge in [-0.2, -0.15) is 5.10 Å². The lowest BCUT2D eigenvalue weighted by atomic mass is 10.2. The predicted molar refractivity (Wildman–Crippen MR) is 51.8 cm³/mol. The summed E-state index contributed by atoms with van der Waals surface area (Å²) in [6, 6.07) is 0. The fourth-order valence-corrected chi connectivity index (χ4v) is 1.51. The van der Waals surface area contributed by atoms with Crippen molar-refractivity contribution < 1.29 is 5.11 Å². The molecule has 0 spiro atoms. The van der Waals surface area contributed by atoms with Crippen LogP contribution < -0.4 is 5.32 Å². The second-order valence-electron chi connectivity index (χ2n) is 2.77. The van der Waals surface area contributed by atoms with Crippen LogP contribution in [0, 0.1) is 0 Å². The molecule has 0 aliphatic carbocycles. The van der Waals surface area contributed by atoms with E-state index in [-0.39, 0.29) is 0 Å². The van der Waals surface area contributed by atoms with Crippen LogP contribution in [0.3, 0.4) is 0 Å². The number of nitrogens with one attached hydrogen (secondary N) is 1. The van der Waals surface area contributed by atoms with E-state index in [0.717, 1.165) is 0 Å². The molecular formula is C8H14ClN3O.